The molecular formula is C17H23N3O. The molecule has 4 nitrogen and oxygen atoms in total. The molecule has 2 aromatic rings. The van der Waals surface area contributed by atoms with Gasteiger partial charge in [0.15, 0.2) is 0 Å². The Hall–Kier alpha value is -2.23. The number of pyridine rings is 1. The van der Waals surface area contributed by atoms with Crippen LogP contribution in [0.4, 0.5) is 11.4 Å². The van der Waals surface area contributed by atoms with Crippen LogP contribution in [0, 0.1) is 13.8 Å². The van der Waals surface area contributed by atoms with Crippen LogP contribution in [-0.4, -0.2) is 26.2 Å². The maximum Gasteiger partial charge on any atom is 0.128 e. The van der Waals surface area contributed by atoms with Crippen molar-refractivity contribution in [2.75, 3.05) is 31.4 Å². The van der Waals surface area contributed by atoms with Crippen LogP contribution in [0.25, 0.3) is 0 Å². The van der Waals surface area contributed by atoms with Gasteiger partial charge in [0, 0.05) is 31.4 Å². The molecule has 1 aromatic heterocycles. The van der Waals surface area contributed by atoms with Crippen molar-refractivity contribution < 1.29 is 4.74 Å². The van der Waals surface area contributed by atoms with E-state index in [2.05, 4.69) is 27.3 Å². The predicted octanol–water partition coefficient (Wildman–Crippen LogP) is 3.39. The van der Waals surface area contributed by atoms with Crippen molar-refractivity contribution in [2.24, 2.45) is 0 Å². The normalized spacial score (nSPS) is 10.3. The Kier molecular flexibility index (Phi) is 4.68. The lowest BCUT2D eigenvalue weighted by molar-refractivity contribution is 0.407. The fourth-order valence-corrected chi connectivity index (χ4v) is 2.44. The van der Waals surface area contributed by atoms with Crippen LogP contribution in [-0.2, 0) is 6.54 Å². The van der Waals surface area contributed by atoms with Gasteiger partial charge >= 0.3 is 0 Å². The minimum Gasteiger partial charge on any atom is -0.496 e. The zero-order valence-corrected chi connectivity index (χ0v) is 13.4. The van der Waals surface area contributed by atoms with E-state index in [1.807, 2.05) is 46.3 Å². The summed E-state index contributed by atoms with van der Waals surface area (Å²) in [6, 6.07) is 8.25. The average molecular weight is 285 g/mol. The smallest absolute Gasteiger partial charge is 0.128 e. The first kappa shape index (κ1) is 15.2. The molecule has 0 amide bonds. The Labute approximate surface area is 126 Å². The Morgan fingerprint density at radius 2 is 1.90 bits per heavy atom. The molecule has 21 heavy (non-hydrogen) atoms. The number of nitrogens with one attached hydrogen (secondary N) is 1. The van der Waals surface area contributed by atoms with E-state index >= 15 is 0 Å². The van der Waals surface area contributed by atoms with Crippen molar-refractivity contribution in [1.29, 1.82) is 0 Å². The van der Waals surface area contributed by atoms with Crippen LogP contribution in [0.5, 0.6) is 5.75 Å². The van der Waals surface area contributed by atoms with Crippen molar-refractivity contribution in [2.45, 2.75) is 20.4 Å². The molecule has 0 unspecified atom stereocenters. The largest absolute Gasteiger partial charge is 0.496 e. The highest BCUT2D eigenvalue weighted by molar-refractivity contribution is 5.69. The number of rotatable bonds is 5. The van der Waals surface area contributed by atoms with Crippen LogP contribution in [0.15, 0.2) is 30.5 Å². The lowest BCUT2D eigenvalue weighted by Crippen LogP contribution is -2.13. The molecule has 0 radical (unpaired) electrons. The van der Waals surface area contributed by atoms with Crippen LogP contribution in [0.1, 0.15) is 16.8 Å². The summed E-state index contributed by atoms with van der Waals surface area (Å²) >= 11 is 0. The van der Waals surface area contributed by atoms with Gasteiger partial charge in [0.1, 0.15) is 5.75 Å². The van der Waals surface area contributed by atoms with Gasteiger partial charge < -0.3 is 15.0 Å². The number of aryl methyl sites for hydroxylation is 1. The van der Waals surface area contributed by atoms with E-state index in [4.69, 9.17) is 4.74 Å². The third kappa shape index (κ3) is 3.27. The molecule has 0 aliphatic carbocycles. The van der Waals surface area contributed by atoms with E-state index in [1.54, 1.807) is 7.11 Å². The van der Waals surface area contributed by atoms with Crippen LogP contribution < -0.4 is 15.0 Å². The van der Waals surface area contributed by atoms with Gasteiger partial charge in [-0.25, -0.2) is 0 Å². The summed E-state index contributed by atoms with van der Waals surface area (Å²) in [6.07, 6.45) is 1.86. The number of benzene rings is 1. The van der Waals surface area contributed by atoms with Gasteiger partial charge in [-0.2, -0.15) is 0 Å². The van der Waals surface area contributed by atoms with E-state index in [-0.39, 0.29) is 0 Å². The highest BCUT2D eigenvalue weighted by Crippen LogP contribution is 2.27. The summed E-state index contributed by atoms with van der Waals surface area (Å²) in [5, 5.41) is 3.46. The average Bonchev–Trinajstić information content (AvgIpc) is 2.47. The third-order valence-electron chi connectivity index (χ3n) is 3.58. The molecule has 4 heteroatoms. The van der Waals surface area contributed by atoms with Crippen molar-refractivity contribution in [1.82, 2.24) is 4.98 Å². The number of anilines is 2. The Balaban J connectivity index is 2.21. The number of hydrogen-bond acceptors (Lipinski definition) is 4. The number of methoxy groups -OCH3 is 1. The van der Waals surface area contributed by atoms with Crippen LogP contribution in [0.3, 0.4) is 0 Å². The number of ether oxygens (including phenoxy) is 1. The van der Waals surface area contributed by atoms with Gasteiger partial charge in [-0.05, 0) is 26.0 Å². The van der Waals surface area contributed by atoms with Crippen molar-refractivity contribution in [3.8, 4) is 5.75 Å². The molecule has 0 aliphatic heterocycles. The monoisotopic (exact) mass is 285 g/mol. The van der Waals surface area contributed by atoms with Gasteiger partial charge in [-0.3, -0.25) is 4.98 Å². The van der Waals surface area contributed by atoms with Crippen LogP contribution in [0.2, 0.25) is 0 Å². The SMILES string of the molecule is COc1c(C)cnc(CNc2ccccc2N(C)C)c1C. The molecule has 0 bridgehead atoms. The summed E-state index contributed by atoms with van der Waals surface area (Å²) in [5.74, 6) is 0.919. The lowest BCUT2D eigenvalue weighted by atomic mass is 10.1. The fraction of sp³-hybridized carbons (Fsp3) is 0.353. The second kappa shape index (κ2) is 6.48. The van der Waals surface area contributed by atoms with Crippen LogP contribution >= 0.6 is 0 Å². The molecule has 0 spiro atoms. The molecule has 0 saturated carbocycles. The van der Waals surface area contributed by atoms with Gasteiger partial charge in [-0.15, -0.1) is 0 Å². The Morgan fingerprint density at radius 3 is 2.57 bits per heavy atom. The molecule has 1 aromatic carbocycles. The molecular weight excluding hydrogens is 262 g/mol. The molecule has 1 heterocycles. The number of para-hydroxylation sites is 2. The Morgan fingerprint density at radius 1 is 1.19 bits per heavy atom. The predicted molar refractivity (Wildman–Crippen MR) is 88.4 cm³/mol. The van der Waals surface area contributed by atoms with Gasteiger partial charge in [0.05, 0.1) is 30.7 Å². The molecule has 0 fully saturated rings. The summed E-state index contributed by atoms with van der Waals surface area (Å²) in [7, 11) is 5.78. The first-order valence-electron chi connectivity index (χ1n) is 7.04. The van der Waals surface area contributed by atoms with E-state index in [0.29, 0.717) is 6.54 Å². The first-order chi connectivity index (χ1) is 10.0. The number of nitrogens with zero attached hydrogens (tertiary/aromatic N) is 2. The van der Waals surface area contributed by atoms with E-state index in [1.165, 1.54) is 0 Å². The summed E-state index contributed by atoms with van der Waals surface area (Å²) in [4.78, 5) is 6.62. The van der Waals surface area contributed by atoms with Crippen molar-refractivity contribution >= 4 is 11.4 Å². The molecule has 112 valence electrons. The highest BCUT2D eigenvalue weighted by Gasteiger charge is 2.10. The second-order valence-corrected chi connectivity index (χ2v) is 5.31. The fourth-order valence-electron chi connectivity index (χ4n) is 2.44. The minimum atomic E-state index is 0.674. The maximum atomic E-state index is 5.45. The van der Waals surface area contributed by atoms with Gasteiger partial charge in [-0.1, -0.05) is 12.1 Å². The highest BCUT2D eigenvalue weighted by atomic mass is 16.5. The van der Waals surface area contributed by atoms with Crippen molar-refractivity contribution in [3.05, 3.63) is 47.3 Å². The van der Waals surface area contributed by atoms with Gasteiger partial charge in [0.2, 0.25) is 0 Å². The first-order valence-corrected chi connectivity index (χ1v) is 7.04. The Bertz CT molecular complexity index is 623. The topological polar surface area (TPSA) is 37.4 Å². The summed E-state index contributed by atoms with van der Waals surface area (Å²) in [5.41, 5.74) is 5.42. The summed E-state index contributed by atoms with van der Waals surface area (Å²) in [6.45, 7) is 4.73. The standard InChI is InChI=1S/C17H23N3O/c1-12-10-18-15(13(2)17(12)21-5)11-19-14-8-6-7-9-16(14)20(3)4/h6-10,19H,11H2,1-5H3. The molecule has 2 rings (SSSR count). The molecule has 0 aliphatic rings. The molecule has 0 atom stereocenters. The van der Waals surface area contributed by atoms with E-state index < -0.39 is 0 Å². The lowest BCUT2D eigenvalue weighted by Gasteiger charge is -2.19. The second-order valence-electron chi connectivity index (χ2n) is 5.31. The quantitative estimate of drug-likeness (QED) is 0.914. The van der Waals surface area contributed by atoms with Gasteiger partial charge in [0.25, 0.3) is 0 Å². The summed E-state index contributed by atoms with van der Waals surface area (Å²) < 4.78 is 5.45. The number of aromatic nitrogens is 1. The zero-order chi connectivity index (χ0) is 15.4. The maximum absolute atomic E-state index is 5.45. The molecule has 1 N–H and O–H groups in total. The van der Waals surface area contributed by atoms with Crippen molar-refractivity contribution in [3.63, 3.8) is 0 Å². The third-order valence-corrected chi connectivity index (χ3v) is 3.58. The number of hydrogen-bond donors (Lipinski definition) is 1. The molecule has 0 saturated heterocycles. The zero-order valence-electron chi connectivity index (χ0n) is 13.4. The minimum absolute atomic E-state index is 0.674. The van der Waals surface area contributed by atoms with E-state index in [0.717, 1.165) is 33.9 Å². The van der Waals surface area contributed by atoms with E-state index in [9.17, 15) is 0 Å².